The van der Waals surface area contributed by atoms with Gasteiger partial charge in [0.2, 0.25) is 0 Å². The Labute approximate surface area is 163 Å². The Balaban J connectivity index is 2.22. The van der Waals surface area contributed by atoms with Crippen LogP contribution >= 0.6 is 11.8 Å². The molecule has 0 N–H and O–H groups in total. The first-order valence-electron chi connectivity index (χ1n) is 8.77. The van der Waals surface area contributed by atoms with Gasteiger partial charge in [-0.3, -0.25) is 0 Å². The van der Waals surface area contributed by atoms with E-state index in [-0.39, 0.29) is 5.56 Å². The van der Waals surface area contributed by atoms with E-state index in [1.165, 1.54) is 11.8 Å². The lowest BCUT2D eigenvalue weighted by atomic mass is 10.1. The van der Waals surface area contributed by atoms with E-state index in [4.69, 9.17) is 4.74 Å². The molecule has 0 unspecified atom stereocenters. The van der Waals surface area contributed by atoms with Crippen molar-refractivity contribution in [2.45, 2.75) is 49.9 Å². The summed E-state index contributed by atoms with van der Waals surface area (Å²) in [5, 5.41) is -0.588. The second kappa shape index (κ2) is 10.3. The molecule has 144 valence electrons. The first-order chi connectivity index (χ1) is 12.9. The van der Waals surface area contributed by atoms with Crippen molar-refractivity contribution in [1.29, 1.82) is 0 Å². The highest BCUT2D eigenvalue weighted by atomic mass is 32.2. The third-order valence-corrected chi connectivity index (χ3v) is 5.24. The summed E-state index contributed by atoms with van der Waals surface area (Å²) in [6.45, 7) is 5.81. The summed E-state index contributed by atoms with van der Waals surface area (Å²) in [5.41, 5.74) is 2.40. The van der Waals surface area contributed by atoms with Crippen LogP contribution < -0.4 is 0 Å². The zero-order valence-electron chi connectivity index (χ0n) is 15.7. The number of carbonyl (C=O) groups excluding carboxylic acids is 1. The Morgan fingerprint density at radius 3 is 2.26 bits per heavy atom. The molecule has 0 fully saturated rings. The van der Waals surface area contributed by atoms with Gasteiger partial charge in [0.05, 0.1) is 10.8 Å². The van der Waals surface area contributed by atoms with Crippen molar-refractivity contribution in [1.82, 2.24) is 0 Å². The van der Waals surface area contributed by atoms with Gasteiger partial charge < -0.3 is 4.74 Å². The number of benzene rings is 2. The predicted octanol–water partition coefficient (Wildman–Crippen LogP) is 6.30. The Bertz CT molecular complexity index is 754. The zero-order valence-corrected chi connectivity index (χ0v) is 16.5. The highest BCUT2D eigenvalue weighted by molar-refractivity contribution is 8.00. The Kier molecular flexibility index (Phi) is 8.04. The van der Waals surface area contributed by atoms with Crippen LogP contribution in [-0.2, 0) is 4.74 Å². The monoisotopic (exact) mass is 390 g/mol. The maximum Gasteiger partial charge on any atom is 0.338 e. The fourth-order valence-corrected chi connectivity index (χ4v) is 3.59. The Morgan fingerprint density at radius 1 is 1.07 bits per heavy atom. The third-order valence-electron chi connectivity index (χ3n) is 3.93. The SMILES string of the molecule is CC(C)=CC[C@H](Sc1ccc(C)cc1)[C@@H](OC(=O)c1ccccc1)C(F)F. The number of esters is 1. The minimum atomic E-state index is -2.77. The van der Waals surface area contributed by atoms with Crippen molar-refractivity contribution in [3.05, 3.63) is 77.4 Å². The van der Waals surface area contributed by atoms with Crippen LogP contribution in [0.1, 0.15) is 36.2 Å². The summed E-state index contributed by atoms with van der Waals surface area (Å²) in [6.07, 6.45) is -1.99. The van der Waals surface area contributed by atoms with E-state index in [1.54, 1.807) is 30.3 Å². The number of halogens is 2. The summed E-state index contributed by atoms with van der Waals surface area (Å²) in [4.78, 5) is 13.2. The average molecular weight is 390 g/mol. The number of alkyl halides is 2. The molecule has 0 heterocycles. The van der Waals surface area contributed by atoms with Crippen LogP contribution in [0.15, 0.2) is 71.1 Å². The lowest BCUT2D eigenvalue weighted by molar-refractivity contribution is -0.0335. The average Bonchev–Trinajstić information content (AvgIpc) is 2.65. The molecule has 0 saturated carbocycles. The molecule has 0 aliphatic carbocycles. The van der Waals surface area contributed by atoms with E-state index in [2.05, 4.69) is 0 Å². The molecule has 2 aromatic rings. The van der Waals surface area contributed by atoms with Crippen LogP contribution in [0.25, 0.3) is 0 Å². The molecular weight excluding hydrogens is 366 g/mol. The maximum atomic E-state index is 13.8. The fraction of sp³-hybridized carbons (Fsp3) is 0.318. The summed E-state index contributed by atoms with van der Waals surface area (Å²) in [5.74, 6) is -0.729. The van der Waals surface area contributed by atoms with Gasteiger partial charge in [0.15, 0.2) is 6.10 Å². The van der Waals surface area contributed by atoms with E-state index in [0.29, 0.717) is 6.42 Å². The van der Waals surface area contributed by atoms with Gasteiger partial charge in [-0.25, -0.2) is 13.6 Å². The molecule has 0 spiro atoms. The van der Waals surface area contributed by atoms with Gasteiger partial charge in [0.25, 0.3) is 6.43 Å². The third kappa shape index (κ3) is 6.83. The quantitative estimate of drug-likeness (QED) is 0.300. The molecule has 0 bridgehead atoms. The topological polar surface area (TPSA) is 26.3 Å². The lowest BCUT2D eigenvalue weighted by Crippen LogP contribution is -2.35. The van der Waals surface area contributed by atoms with Crippen molar-refractivity contribution < 1.29 is 18.3 Å². The first kappa shape index (κ1) is 21.2. The van der Waals surface area contributed by atoms with Crippen molar-refractivity contribution in [3.8, 4) is 0 Å². The lowest BCUT2D eigenvalue weighted by Gasteiger charge is -2.25. The standard InChI is InChI=1S/C22H24F2O2S/c1-15(2)9-14-19(27-18-12-10-16(3)11-13-18)20(21(23)24)26-22(25)17-7-5-4-6-8-17/h4-13,19-21H,14H2,1-3H3/t19-,20+/m0/s1. The largest absolute Gasteiger partial charge is 0.451 e. The van der Waals surface area contributed by atoms with E-state index in [0.717, 1.165) is 16.0 Å². The van der Waals surface area contributed by atoms with E-state index >= 15 is 0 Å². The molecule has 2 aromatic carbocycles. The molecule has 0 aliphatic rings. The molecule has 2 rings (SSSR count). The molecule has 0 saturated heterocycles. The molecular formula is C22H24F2O2S. The molecule has 0 aliphatic heterocycles. The van der Waals surface area contributed by atoms with Crippen LogP contribution in [0.5, 0.6) is 0 Å². The number of allylic oxidation sites excluding steroid dienone is 2. The fourth-order valence-electron chi connectivity index (χ4n) is 2.45. The van der Waals surface area contributed by atoms with Crippen molar-refractivity contribution in [2.24, 2.45) is 0 Å². The Hall–Kier alpha value is -2.14. The number of rotatable bonds is 8. The van der Waals surface area contributed by atoms with Crippen molar-refractivity contribution in [2.75, 3.05) is 0 Å². The minimum absolute atomic E-state index is 0.268. The van der Waals surface area contributed by atoms with E-state index in [1.807, 2.05) is 51.1 Å². The summed E-state index contributed by atoms with van der Waals surface area (Å²) in [7, 11) is 0. The summed E-state index contributed by atoms with van der Waals surface area (Å²) >= 11 is 1.31. The van der Waals surface area contributed by atoms with E-state index < -0.39 is 23.7 Å². The molecule has 2 nitrogen and oxygen atoms in total. The van der Waals surface area contributed by atoms with Crippen LogP contribution in [0.3, 0.4) is 0 Å². The molecule has 2 atom stereocenters. The van der Waals surface area contributed by atoms with Gasteiger partial charge in [-0.1, -0.05) is 47.5 Å². The van der Waals surface area contributed by atoms with E-state index in [9.17, 15) is 13.6 Å². The number of hydrogen-bond donors (Lipinski definition) is 0. The molecule has 0 amide bonds. The van der Waals surface area contributed by atoms with Gasteiger partial charge in [-0.2, -0.15) is 0 Å². The number of ether oxygens (including phenoxy) is 1. The second-order valence-corrected chi connectivity index (χ2v) is 7.87. The first-order valence-corrected chi connectivity index (χ1v) is 9.65. The number of hydrogen-bond acceptors (Lipinski definition) is 3. The smallest absolute Gasteiger partial charge is 0.338 e. The van der Waals surface area contributed by atoms with Gasteiger partial charge in [-0.15, -0.1) is 11.8 Å². The summed E-state index contributed by atoms with van der Waals surface area (Å²) in [6, 6.07) is 15.9. The van der Waals surface area contributed by atoms with Crippen molar-refractivity contribution in [3.63, 3.8) is 0 Å². The Morgan fingerprint density at radius 2 is 1.70 bits per heavy atom. The molecule has 0 radical (unpaired) electrons. The van der Waals surface area contributed by atoms with Crippen molar-refractivity contribution >= 4 is 17.7 Å². The highest BCUT2D eigenvalue weighted by Gasteiger charge is 2.34. The molecule has 5 heteroatoms. The highest BCUT2D eigenvalue weighted by Crippen LogP contribution is 2.32. The van der Waals surface area contributed by atoms with Crippen LogP contribution in [-0.4, -0.2) is 23.7 Å². The van der Waals surface area contributed by atoms with Gasteiger partial charge in [-0.05, 0) is 51.5 Å². The predicted molar refractivity (Wildman–Crippen MR) is 107 cm³/mol. The number of aryl methyl sites for hydroxylation is 1. The second-order valence-electron chi connectivity index (χ2n) is 6.56. The van der Waals surface area contributed by atoms with Crippen LogP contribution in [0, 0.1) is 6.92 Å². The summed E-state index contributed by atoms with van der Waals surface area (Å²) < 4.78 is 32.9. The number of thioether (sulfide) groups is 1. The normalized spacial score (nSPS) is 13.1. The maximum absolute atomic E-state index is 13.8. The number of carbonyl (C=O) groups is 1. The van der Waals surface area contributed by atoms with Gasteiger partial charge >= 0.3 is 5.97 Å². The molecule has 27 heavy (non-hydrogen) atoms. The molecule has 0 aromatic heterocycles. The van der Waals surface area contributed by atoms with Crippen LogP contribution in [0.2, 0.25) is 0 Å². The van der Waals surface area contributed by atoms with Gasteiger partial charge in [0, 0.05) is 4.90 Å². The zero-order chi connectivity index (χ0) is 19.8. The van der Waals surface area contributed by atoms with Crippen LogP contribution in [0.4, 0.5) is 8.78 Å². The van der Waals surface area contributed by atoms with Gasteiger partial charge in [0.1, 0.15) is 0 Å². The minimum Gasteiger partial charge on any atom is -0.451 e.